The molecule has 0 saturated carbocycles. The molecule has 138 valence electrons. The second-order valence-electron chi connectivity index (χ2n) is 6.82. The standard InChI is InChI=1S/C20H33FO3/c1-2-3-4-5-6-7-13-18(20(22,23)24)14-9-8-11-17-12-10-15-19(21)16-17/h10,12,15-16,18,22-24H,2-9,11,13-14H2,1H3. The molecule has 0 aliphatic heterocycles. The van der Waals surface area contributed by atoms with Crippen molar-refractivity contribution in [1.82, 2.24) is 0 Å². The maximum atomic E-state index is 13.1. The first-order chi connectivity index (χ1) is 11.4. The molecule has 0 spiro atoms. The number of aryl methyl sites for hydroxylation is 1. The van der Waals surface area contributed by atoms with Crippen molar-refractivity contribution in [3.8, 4) is 0 Å². The van der Waals surface area contributed by atoms with Gasteiger partial charge in [0.15, 0.2) is 0 Å². The zero-order valence-electron chi connectivity index (χ0n) is 14.9. The minimum Gasteiger partial charge on any atom is -0.343 e. The lowest BCUT2D eigenvalue weighted by molar-refractivity contribution is -0.344. The second-order valence-corrected chi connectivity index (χ2v) is 6.82. The summed E-state index contributed by atoms with van der Waals surface area (Å²) in [6, 6.07) is 6.55. The SMILES string of the molecule is CCCCCCCCC(CCCCc1cccc(F)c1)C(O)(O)O. The number of hydrogen-bond acceptors (Lipinski definition) is 3. The van der Waals surface area contributed by atoms with Gasteiger partial charge in [-0.2, -0.15) is 0 Å². The fraction of sp³-hybridized carbons (Fsp3) is 0.700. The molecule has 24 heavy (non-hydrogen) atoms. The maximum Gasteiger partial charge on any atom is 0.278 e. The summed E-state index contributed by atoms with van der Waals surface area (Å²) in [5.74, 6) is -3.34. The Morgan fingerprint density at radius 1 is 0.917 bits per heavy atom. The van der Waals surface area contributed by atoms with Crippen molar-refractivity contribution in [2.75, 3.05) is 0 Å². The summed E-state index contributed by atoms with van der Waals surface area (Å²) in [5.41, 5.74) is 0.950. The van der Waals surface area contributed by atoms with Gasteiger partial charge in [-0.1, -0.05) is 64.0 Å². The lowest BCUT2D eigenvalue weighted by Gasteiger charge is -2.26. The summed E-state index contributed by atoms with van der Waals surface area (Å²) < 4.78 is 13.1. The average molecular weight is 340 g/mol. The Kier molecular flexibility index (Phi) is 10.2. The van der Waals surface area contributed by atoms with Crippen LogP contribution in [0.5, 0.6) is 0 Å². The van der Waals surface area contributed by atoms with Crippen molar-refractivity contribution < 1.29 is 19.7 Å². The molecule has 0 saturated heterocycles. The maximum absolute atomic E-state index is 13.1. The Morgan fingerprint density at radius 3 is 2.17 bits per heavy atom. The molecule has 1 aromatic carbocycles. The van der Waals surface area contributed by atoms with Crippen LogP contribution in [0.1, 0.15) is 76.7 Å². The molecule has 0 amide bonds. The van der Waals surface area contributed by atoms with E-state index >= 15 is 0 Å². The summed E-state index contributed by atoms with van der Waals surface area (Å²) >= 11 is 0. The smallest absolute Gasteiger partial charge is 0.278 e. The van der Waals surface area contributed by atoms with Gasteiger partial charge < -0.3 is 15.3 Å². The predicted octanol–water partition coefficient (Wildman–Crippen LogP) is 4.54. The van der Waals surface area contributed by atoms with Crippen molar-refractivity contribution >= 4 is 0 Å². The van der Waals surface area contributed by atoms with E-state index in [0.29, 0.717) is 12.8 Å². The highest BCUT2D eigenvalue weighted by Gasteiger charge is 2.30. The molecule has 1 unspecified atom stereocenters. The highest BCUT2D eigenvalue weighted by molar-refractivity contribution is 5.16. The van der Waals surface area contributed by atoms with Gasteiger partial charge in [0.2, 0.25) is 0 Å². The molecule has 0 aromatic heterocycles. The topological polar surface area (TPSA) is 60.7 Å². The molecule has 1 rings (SSSR count). The molecule has 1 aromatic rings. The number of hydrogen-bond donors (Lipinski definition) is 3. The molecule has 0 heterocycles. The van der Waals surface area contributed by atoms with E-state index in [-0.39, 0.29) is 5.82 Å². The Morgan fingerprint density at radius 2 is 1.54 bits per heavy atom. The van der Waals surface area contributed by atoms with E-state index in [1.54, 1.807) is 6.07 Å². The number of unbranched alkanes of at least 4 members (excludes halogenated alkanes) is 6. The van der Waals surface area contributed by atoms with Crippen LogP contribution < -0.4 is 0 Å². The van der Waals surface area contributed by atoms with Crippen LogP contribution >= 0.6 is 0 Å². The zero-order valence-corrected chi connectivity index (χ0v) is 14.9. The van der Waals surface area contributed by atoms with Crippen molar-refractivity contribution in [2.45, 2.75) is 83.5 Å². The van der Waals surface area contributed by atoms with Crippen LogP contribution in [0.4, 0.5) is 4.39 Å². The van der Waals surface area contributed by atoms with E-state index in [1.807, 2.05) is 6.07 Å². The Balaban J connectivity index is 2.25. The quantitative estimate of drug-likeness (QED) is 0.365. The molecular formula is C20H33FO3. The summed E-state index contributed by atoms with van der Waals surface area (Å²) in [6.07, 6.45) is 10.4. The number of benzene rings is 1. The third-order valence-corrected chi connectivity index (χ3v) is 4.61. The van der Waals surface area contributed by atoms with Crippen LogP contribution in [0.2, 0.25) is 0 Å². The molecular weight excluding hydrogens is 307 g/mol. The van der Waals surface area contributed by atoms with E-state index in [2.05, 4.69) is 6.92 Å². The van der Waals surface area contributed by atoms with E-state index in [0.717, 1.165) is 44.1 Å². The van der Waals surface area contributed by atoms with E-state index in [1.165, 1.54) is 31.4 Å². The zero-order chi connectivity index (χ0) is 17.8. The van der Waals surface area contributed by atoms with Gasteiger partial charge in [-0.15, -0.1) is 0 Å². The Labute approximate surface area is 145 Å². The second kappa shape index (κ2) is 11.6. The molecule has 0 aliphatic carbocycles. The molecule has 0 fully saturated rings. The van der Waals surface area contributed by atoms with E-state index < -0.39 is 11.9 Å². The van der Waals surface area contributed by atoms with Gasteiger partial charge in [-0.3, -0.25) is 0 Å². The van der Waals surface area contributed by atoms with E-state index in [4.69, 9.17) is 0 Å². The molecule has 0 bridgehead atoms. The lowest BCUT2D eigenvalue weighted by Crippen LogP contribution is -2.37. The molecule has 1 atom stereocenters. The van der Waals surface area contributed by atoms with Crippen LogP contribution in [0.15, 0.2) is 24.3 Å². The van der Waals surface area contributed by atoms with Gasteiger partial charge in [0.25, 0.3) is 5.97 Å². The minimum atomic E-state index is -2.59. The third-order valence-electron chi connectivity index (χ3n) is 4.61. The number of rotatable bonds is 13. The van der Waals surface area contributed by atoms with Gasteiger partial charge in [0.05, 0.1) is 0 Å². The van der Waals surface area contributed by atoms with Crippen LogP contribution in [0.25, 0.3) is 0 Å². The molecule has 3 nitrogen and oxygen atoms in total. The Bertz CT molecular complexity index is 443. The number of halogens is 1. The number of aliphatic hydroxyl groups is 3. The monoisotopic (exact) mass is 340 g/mol. The summed E-state index contributed by atoms with van der Waals surface area (Å²) in [5, 5.41) is 28.6. The van der Waals surface area contributed by atoms with Gasteiger partial charge in [0.1, 0.15) is 5.82 Å². The first-order valence-electron chi connectivity index (χ1n) is 9.35. The van der Waals surface area contributed by atoms with Gasteiger partial charge in [0, 0.05) is 5.92 Å². The summed E-state index contributed by atoms with van der Waals surface area (Å²) in [4.78, 5) is 0. The predicted molar refractivity (Wildman–Crippen MR) is 94.8 cm³/mol. The van der Waals surface area contributed by atoms with Crippen LogP contribution in [-0.4, -0.2) is 21.3 Å². The van der Waals surface area contributed by atoms with Gasteiger partial charge in [-0.05, 0) is 43.4 Å². The summed E-state index contributed by atoms with van der Waals surface area (Å²) in [7, 11) is 0. The third kappa shape index (κ3) is 9.36. The van der Waals surface area contributed by atoms with Crippen LogP contribution in [0.3, 0.4) is 0 Å². The van der Waals surface area contributed by atoms with E-state index in [9.17, 15) is 19.7 Å². The van der Waals surface area contributed by atoms with Crippen molar-refractivity contribution in [3.63, 3.8) is 0 Å². The van der Waals surface area contributed by atoms with Gasteiger partial charge in [-0.25, -0.2) is 4.39 Å². The highest BCUT2D eigenvalue weighted by Crippen LogP contribution is 2.25. The molecule has 0 radical (unpaired) electrons. The Hall–Kier alpha value is -0.970. The summed E-state index contributed by atoms with van der Waals surface area (Å²) in [6.45, 7) is 2.18. The van der Waals surface area contributed by atoms with Crippen molar-refractivity contribution in [2.24, 2.45) is 5.92 Å². The average Bonchev–Trinajstić information content (AvgIpc) is 2.51. The highest BCUT2D eigenvalue weighted by atomic mass is 19.1. The fourth-order valence-electron chi connectivity index (χ4n) is 3.12. The molecule has 0 aliphatic rings. The normalized spacial score (nSPS) is 13.2. The van der Waals surface area contributed by atoms with Crippen LogP contribution in [0, 0.1) is 11.7 Å². The lowest BCUT2D eigenvalue weighted by atomic mass is 9.92. The largest absolute Gasteiger partial charge is 0.343 e. The molecule has 4 heteroatoms. The molecule has 3 N–H and O–H groups in total. The van der Waals surface area contributed by atoms with Crippen molar-refractivity contribution in [3.05, 3.63) is 35.6 Å². The fourth-order valence-corrected chi connectivity index (χ4v) is 3.12. The van der Waals surface area contributed by atoms with Gasteiger partial charge >= 0.3 is 0 Å². The first-order valence-corrected chi connectivity index (χ1v) is 9.35. The van der Waals surface area contributed by atoms with Crippen molar-refractivity contribution in [1.29, 1.82) is 0 Å². The minimum absolute atomic E-state index is 0.228. The van der Waals surface area contributed by atoms with Crippen LogP contribution in [-0.2, 0) is 6.42 Å². The first kappa shape index (κ1) is 21.1.